The van der Waals surface area contributed by atoms with Gasteiger partial charge in [-0.05, 0) is 24.3 Å². The number of rotatable bonds is 5. The van der Waals surface area contributed by atoms with Gasteiger partial charge in [0.15, 0.2) is 17.3 Å². The largest absolute Gasteiger partial charge is 0.493 e. The molecule has 9 heteroatoms. The number of hydrogen-bond donors (Lipinski definition) is 1. The molecule has 0 spiro atoms. The summed E-state index contributed by atoms with van der Waals surface area (Å²) in [4.78, 5) is 19.8. The zero-order valence-corrected chi connectivity index (χ0v) is 15.7. The van der Waals surface area contributed by atoms with Crippen LogP contribution >= 0.6 is 0 Å². The predicted molar refractivity (Wildman–Crippen MR) is 100 cm³/mol. The molecule has 0 amide bonds. The number of aromatic carboxylic acids is 1. The number of fused-ring (bicyclic) bond motifs is 1. The summed E-state index contributed by atoms with van der Waals surface area (Å²) in [6.07, 6.45) is 2.75. The van der Waals surface area contributed by atoms with Crippen molar-refractivity contribution in [1.82, 2.24) is 9.97 Å². The van der Waals surface area contributed by atoms with Crippen molar-refractivity contribution in [1.29, 1.82) is 0 Å². The Kier molecular flexibility index (Phi) is 4.95. The van der Waals surface area contributed by atoms with Crippen LogP contribution < -0.4 is 9.47 Å². The molecule has 0 radical (unpaired) electrons. The van der Waals surface area contributed by atoms with Crippen molar-refractivity contribution in [2.75, 3.05) is 20.5 Å². The second kappa shape index (κ2) is 7.20. The third-order valence-corrected chi connectivity index (χ3v) is 5.55. The average Bonchev–Trinajstić information content (AvgIpc) is 2.67. The molecule has 3 rings (SSSR count). The lowest BCUT2D eigenvalue weighted by Gasteiger charge is -2.10. The molecule has 8 nitrogen and oxygen atoms in total. The summed E-state index contributed by atoms with van der Waals surface area (Å²) in [5, 5.41) is 9.68. The molecule has 1 aromatic heterocycles. The van der Waals surface area contributed by atoms with Crippen LogP contribution in [0.1, 0.15) is 10.4 Å². The van der Waals surface area contributed by atoms with E-state index in [2.05, 4.69) is 14.3 Å². The number of hydrogen-bond acceptors (Lipinski definition) is 7. The highest BCUT2D eigenvalue weighted by Crippen LogP contribution is 2.35. The summed E-state index contributed by atoms with van der Waals surface area (Å²) in [6, 6.07) is 9.22. The molecule has 0 bridgehead atoms. The van der Waals surface area contributed by atoms with Gasteiger partial charge in [-0.1, -0.05) is 6.07 Å². The normalized spacial score (nSPS) is 13.0. The molecule has 0 saturated carbocycles. The van der Waals surface area contributed by atoms with Gasteiger partial charge in [-0.15, -0.1) is 0 Å². The molecule has 0 saturated heterocycles. The molecular formula is C18H17N3O5S. The second-order valence-corrected chi connectivity index (χ2v) is 7.91. The highest BCUT2D eigenvalue weighted by molar-refractivity contribution is 7.93. The van der Waals surface area contributed by atoms with E-state index in [9.17, 15) is 9.00 Å². The van der Waals surface area contributed by atoms with Gasteiger partial charge in [0.25, 0.3) is 0 Å². The number of nitrogens with zero attached hydrogens (tertiary/aromatic N) is 3. The Hall–Kier alpha value is -3.20. The summed E-state index contributed by atoms with van der Waals surface area (Å²) in [5.74, 6) is 0.0818. The molecule has 2 aromatic carbocycles. The summed E-state index contributed by atoms with van der Waals surface area (Å²) >= 11 is 0. The van der Waals surface area contributed by atoms with Gasteiger partial charge in [-0.2, -0.15) is 4.36 Å². The first kappa shape index (κ1) is 18.6. The number of aromatic nitrogens is 2. The van der Waals surface area contributed by atoms with Gasteiger partial charge >= 0.3 is 5.97 Å². The van der Waals surface area contributed by atoms with Crippen LogP contribution in [-0.4, -0.2) is 45.7 Å². The van der Waals surface area contributed by atoms with Gasteiger partial charge in [0.05, 0.1) is 35.0 Å². The van der Waals surface area contributed by atoms with Crippen molar-refractivity contribution < 1.29 is 23.6 Å². The maximum atomic E-state index is 13.2. The van der Waals surface area contributed by atoms with Gasteiger partial charge in [0, 0.05) is 22.6 Å². The van der Waals surface area contributed by atoms with Crippen molar-refractivity contribution in [3.05, 3.63) is 48.3 Å². The molecule has 1 N–H and O–H groups in total. The maximum absolute atomic E-state index is 13.2. The lowest BCUT2D eigenvalue weighted by Crippen LogP contribution is -2.02. The number of methoxy groups -OCH3 is 2. The number of carbonyl (C=O) groups is 1. The number of carboxylic acids is 1. The van der Waals surface area contributed by atoms with Crippen molar-refractivity contribution in [3.63, 3.8) is 0 Å². The molecule has 0 aliphatic heterocycles. The van der Waals surface area contributed by atoms with Crippen LogP contribution in [0.5, 0.6) is 11.5 Å². The van der Waals surface area contributed by atoms with Crippen LogP contribution in [0.15, 0.2) is 52.0 Å². The Morgan fingerprint density at radius 3 is 2.48 bits per heavy atom. The lowest BCUT2D eigenvalue weighted by atomic mass is 10.2. The molecule has 1 unspecified atom stereocenters. The highest BCUT2D eigenvalue weighted by atomic mass is 32.2. The summed E-state index contributed by atoms with van der Waals surface area (Å²) < 4.78 is 28.0. The van der Waals surface area contributed by atoms with E-state index >= 15 is 0 Å². The van der Waals surface area contributed by atoms with Gasteiger partial charge < -0.3 is 14.6 Å². The second-order valence-electron chi connectivity index (χ2n) is 5.65. The van der Waals surface area contributed by atoms with E-state index < -0.39 is 15.7 Å². The van der Waals surface area contributed by atoms with Gasteiger partial charge in [0.1, 0.15) is 6.33 Å². The summed E-state index contributed by atoms with van der Waals surface area (Å²) in [7, 11) is 0.0762. The predicted octanol–water partition coefficient (Wildman–Crippen LogP) is 3.13. The van der Waals surface area contributed by atoms with Crippen LogP contribution in [0.2, 0.25) is 0 Å². The molecule has 0 aliphatic rings. The van der Waals surface area contributed by atoms with Gasteiger partial charge in [0.2, 0.25) is 0 Å². The van der Waals surface area contributed by atoms with E-state index in [0.717, 1.165) is 0 Å². The van der Waals surface area contributed by atoms with Crippen molar-refractivity contribution in [2.45, 2.75) is 4.90 Å². The number of ether oxygens (including phenoxy) is 2. The van der Waals surface area contributed by atoms with E-state index in [1.54, 1.807) is 18.2 Å². The standard InChI is InChI=1S/C18H17N3O5S/c1-25-15-8-13-14(9-16(15)26-2)19-10-20-17(13)21-27(3,24)12-6-4-5-11(7-12)18(22)23/h4-10H,1-3H3,(H,22,23). The highest BCUT2D eigenvalue weighted by Gasteiger charge is 2.14. The van der Waals surface area contributed by atoms with Gasteiger partial charge in [-0.25, -0.2) is 19.0 Å². The Morgan fingerprint density at radius 1 is 1.11 bits per heavy atom. The quantitative estimate of drug-likeness (QED) is 0.716. The molecule has 0 fully saturated rings. The maximum Gasteiger partial charge on any atom is 0.335 e. The van der Waals surface area contributed by atoms with Crippen LogP contribution in [0.25, 0.3) is 10.9 Å². The van der Waals surface area contributed by atoms with Crippen molar-refractivity contribution >= 4 is 32.4 Å². The smallest absolute Gasteiger partial charge is 0.335 e. The zero-order valence-electron chi connectivity index (χ0n) is 14.9. The molecule has 27 heavy (non-hydrogen) atoms. The van der Waals surface area contributed by atoms with E-state index in [0.29, 0.717) is 27.3 Å². The zero-order chi connectivity index (χ0) is 19.6. The van der Waals surface area contributed by atoms with Crippen LogP contribution in [-0.2, 0) is 9.73 Å². The van der Waals surface area contributed by atoms with Gasteiger partial charge in [-0.3, -0.25) is 0 Å². The lowest BCUT2D eigenvalue weighted by molar-refractivity contribution is 0.0696. The summed E-state index contributed by atoms with van der Waals surface area (Å²) in [6.45, 7) is 0. The summed E-state index contributed by atoms with van der Waals surface area (Å²) in [5.41, 5.74) is 0.590. The first-order valence-electron chi connectivity index (χ1n) is 7.78. The average molecular weight is 387 g/mol. The fourth-order valence-corrected chi connectivity index (χ4v) is 3.78. The van der Waals surface area contributed by atoms with Crippen LogP contribution in [0.4, 0.5) is 5.82 Å². The third kappa shape index (κ3) is 3.68. The van der Waals surface area contributed by atoms with Crippen molar-refractivity contribution in [3.8, 4) is 11.5 Å². The number of carboxylic acid groups (broad SMARTS) is 1. The molecular weight excluding hydrogens is 370 g/mol. The monoisotopic (exact) mass is 387 g/mol. The minimum absolute atomic E-state index is 0.0382. The van der Waals surface area contributed by atoms with E-state index in [4.69, 9.17) is 14.6 Å². The van der Waals surface area contributed by atoms with Crippen molar-refractivity contribution in [2.24, 2.45) is 4.36 Å². The minimum atomic E-state index is -2.95. The Balaban J connectivity index is 2.21. The Bertz CT molecular complexity index is 1150. The van der Waals surface area contributed by atoms with E-state index in [-0.39, 0.29) is 11.4 Å². The fraction of sp³-hybridized carbons (Fsp3) is 0.167. The molecule has 1 heterocycles. The molecule has 0 aliphatic carbocycles. The Labute approximate surface area is 156 Å². The molecule has 3 aromatic rings. The first-order valence-corrected chi connectivity index (χ1v) is 9.70. The first-order chi connectivity index (χ1) is 12.9. The SMILES string of the molecule is COc1cc2ncnc(N=S(C)(=O)c3cccc(C(=O)O)c3)c2cc1OC. The van der Waals surface area contributed by atoms with Crippen LogP contribution in [0, 0.1) is 0 Å². The topological polar surface area (TPSA) is 111 Å². The van der Waals surface area contributed by atoms with Crippen LogP contribution in [0.3, 0.4) is 0 Å². The Morgan fingerprint density at radius 2 is 1.81 bits per heavy atom. The molecule has 140 valence electrons. The number of benzene rings is 2. The fourth-order valence-electron chi connectivity index (χ4n) is 2.52. The minimum Gasteiger partial charge on any atom is -0.493 e. The van der Waals surface area contributed by atoms with E-state index in [1.807, 2.05) is 0 Å². The molecule has 1 atom stereocenters. The third-order valence-electron chi connectivity index (χ3n) is 3.90. The van der Waals surface area contributed by atoms with E-state index in [1.165, 1.54) is 45.0 Å².